The van der Waals surface area contributed by atoms with Crippen LogP contribution in [0.25, 0.3) is 0 Å². The largest absolute Gasteiger partial charge is 0.294 e. The average Bonchev–Trinajstić information content (AvgIpc) is 3.02. The topological polar surface area (TPSA) is 69.5 Å². The van der Waals surface area contributed by atoms with Crippen molar-refractivity contribution in [3.63, 3.8) is 0 Å². The molecule has 0 bridgehead atoms. The summed E-state index contributed by atoms with van der Waals surface area (Å²) in [5, 5.41) is 16.7. The van der Waals surface area contributed by atoms with E-state index in [-0.39, 0.29) is 11.2 Å². The van der Waals surface area contributed by atoms with Crippen LogP contribution in [0, 0.1) is 16.7 Å². The number of benzene rings is 1. The number of nitrogens with one attached hydrogen (secondary N) is 1. The number of nitriles is 1. The molecule has 1 heterocycles. The van der Waals surface area contributed by atoms with E-state index in [0.29, 0.717) is 12.0 Å². The van der Waals surface area contributed by atoms with Crippen molar-refractivity contribution in [3.8, 4) is 6.07 Å². The Labute approximate surface area is 147 Å². The molecule has 2 aromatic rings. The minimum atomic E-state index is -0.559. The summed E-state index contributed by atoms with van der Waals surface area (Å²) >= 11 is 0. The number of fused-ring (bicyclic) bond motifs is 1. The van der Waals surface area contributed by atoms with Crippen molar-refractivity contribution in [1.82, 2.24) is 10.2 Å². The van der Waals surface area contributed by atoms with Crippen molar-refractivity contribution in [2.45, 2.75) is 45.4 Å². The van der Waals surface area contributed by atoms with Crippen LogP contribution in [0.3, 0.4) is 0 Å². The third kappa shape index (κ3) is 2.26. The van der Waals surface area contributed by atoms with Crippen LogP contribution in [0.15, 0.2) is 41.6 Å². The van der Waals surface area contributed by atoms with E-state index in [9.17, 15) is 10.1 Å². The fraction of sp³-hybridized carbons (Fsp3) is 0.381. The van der Waals surface area contributed by atoms with Crippen molar-refractivity contribution in [3.05, 3.63) is 64.0 Å². The zero-order chi connectivity index (χ0) is 17.8. The lowest BCUT2D eigenvalue weighted by molar-refractivity contribution is -0.118. The van der Waals surface area contributed by atoms with Crippen LogP contribution in [-0.2, 0) is 16.6 Å². The van der Waals surface area contributed by atoms with Gasteiger partial charge in [0, 0.05) is 35.1 Å². The molecule has 4 nitrogen and oxygen atoms in total. The van der Waals surface area contributed by atoms with Crippen LogP contribution in [0.4, 0.5) is 0 Å². The zero-order valence-electron chi connectivity index (χ0n) is 14.8. The normalized spacial score (nSPS) is 24.5. The molecule has 0 unspecified atom stereocenters. The van der Waals surface area contributed by atoms with E-state index in [0.717, 1.165) is 35.2 Å². The van der Waals surface area contributed by atoms with Crippen molar-refractivity contribution in [2.24, 2.45) is 5.41 Å². The number of aromatic amines is 1. The predicted molar refractivity (Wildman–Crippen MR) is 95.0 cm³/mol. The number of ketones is 1. The monoisotopic (exact) mass is 331 g/mol. The van der Waals surface area contributed by atoms with E-state index < -0.39 is 5.41 Å². The number of carbonyl (C=O) groups excluding carboxylic acids is 1. The number of allylic oxidation sites excluding steroid dienone is 2. The summed E-state index contributed by atoms with van der Waals surface area (Å²) in [6.07, 6.45) is 4.07. The first-order chi connectivity index (χ1) is 11.8. The molecule has 2 aliphatic rings. The van der Waals surface area contributed by atoms with Gasteiger partial charge in [-0.1, -0.05) is 31.6 Å². The summed E-state index contributed by atoms with van der Waals surface area (Å²) in [4.78, 5) is 13.2. The average molecular weight is 331 g/mol. The summed E-state index contributed by atoms with van der Waals surface area (Å²) in [5.74, 6) is 0.225. The Kier molecular flexibility index (Phi) is 3.27. The smallest absolute Gasteiger partial charge is 0.160 e. The number of Topliss-reactive ketones (excluding diaryl/α,β-unsaturated/α-hetero) is 1. The van der Waals surface area contributed by atoms with E-state index in [1.807, 2.05) is 24.4 Å². The fourth-order valence-electron chi connectivity index (χ4n) is 4.66. The molecule has 1 aromatic carbocycles. The number of carbonyl (C=O) groups is 1. The predicted octanol–water partition coefficient (Wildman–Crippen LogP) is 3.83. The van der Waals surface area contributed by atoms with Gasteiger partial charge in [0.1, 0.15) is 0 Å². The highest BCUT2D eigenvalue weighted by atomic mass is 16.1. The Morgan fingerprint density at radius 3 is 2.80 bits per heavy atom. The van der Waals surface area contributed by atoms with Crippen molar-refractivity contribution >= 4 is 5.78 Å². The molecule has 0 spiro atoms. The molecule has 0 saturated heterocycles. The number of nitrogens with zero attached hydrogens (tertiary/aromatic N) is 2. The summed E-state index contributed by atoms with van der Waals surface area (Å²) in [7, 11) is 0. The lowest BCUT2D eigenvalue weighted by Crippen LogP contribution is -2.40. The Hall–Kier alpha value is -2.67. The van der Waals surface area contributed by atoms with Gasteiger partial charge in [-0.25, -0.2) is 0 Å². The molecular formula is C21H21N3O. The first-order valence-corrected chi connectivity index (χ1v) is 8.64. The van der Waals surface area contributed by atoms with Gasteiger partial charge in [-0.2, -0.15) is 10.4 Å². The highest BCUT2D eigenvalue weighted by molar-refractivity contribution is 6.01. The lowest BCUT2D eigenvalue weighted by atomic mass is 9.58. The van der Waals surface area contributed by atoms with Crippen molar-refractivity contribution in [2.75, 3.05) is 0 Å². The molecule has 0 saturated carbocycles. The minimum Gasteiger partial charge on any atom is -0.294 e. The molecule has 1 aromatic heterocycles. The van der Waals surface area contributed by atoms with Gasteiger partial charge in [0.25, 0.3) is 0 Å². The second-order valence-corrected chi connectivity index (χ2v) is 8.18. The number of hydrogen-bond donors (Lipinski definition) is 1. The molecule has 4 rings (SSSR count). The molecule has 4 heteroatoms. The third-order valence-corrected chi connectivity index (χ3v) is 5.68. The highest BCUT2D eigenvalue weighted by Gasteiger charge is 2.47. The van der Waals surface area contributed by atoms with Gasteiger partial charge in [-0.15, -0.1) is 0 Å². The summed E-state index contributed by atoms with van der Waals surface area (Å²) < 4.78 is 0. The SMILES string of the molecule is CC1(C)CC(=O)C2=C(Cc3[nH]ncc3[C@@]2(C)c2cccc(C#N)c2)C1. The molecule has 126 valence electrons. The van der Waals surface area contributed by atoms with E-state index in [1.54, 1.807) is 6.07 Å². The number of rotatable bonds is 1. The van der Waals surface area contributed by atoms with Crippen LogP contribution in [0.2, 0.25) is 0 Å². The first-order valence-electron chi connectivity index (χ1n) is 8.64. The standard InChI is InChI=1S/C21H21N3O/c1-20(2)9-14-8-17-16(12-23-24-17)21(3,19(14)18(25)10-20)15-6-4-5-13(7-15)11-22/h4-7,12H,8-10H2,1-3H3,(H,23,24)/t21-/m1/s1. The van der Waals surface area contributed by atoms with Crippen LogP contribution >= 0.6 is 0 Å². The van der Waals surface area contributed by atoms with Crippen LogP contribution in [-0.4, -0.2) is 16.0 Å². The van der Waals surface area contributed by atoms with E-state index in [1.165, 1.54) is 5.57 Å². The molecular weight excluding hydrogens is 310 g/mol. The minimum absolute atomic E-state index is 0.0111. The maximum Gasteiger partial charge on any atom is 0.160 e. The molecule has 0 aliphatic heterocycles. The third-order valence-electron chi connectivity index (χ3n) is 5.68. The second kappa shape index (κ2) is 5.16. The summed E-state index contributed by atoms with van der Waals surface area (Å²) in [5.41, 5.74) is 5.27. The highest BCUT2D eigenvalue weighted by Crippen LogP contribution is 2.51. The quantitative estimate of drug-likeness (QED) is 0.863. The maximum absolute atomic E-state index is 13.2. The van der Waals surface area contributed by atoms with Gasteiger partial charge < -0.3 is 0 Å². The zero-order valence-corrected chi connectivity index (χ0v) is 14.8. The van der Waals surface area contributed by atoms with Gasteiger partial charge in [-0.3, -0.25) is 9.89 Å². The molecule has 1 N–H and O–H groups in total. The van der Waals surface area contributed by atoms with Gasteiger partial charge in [0.2, 0.25) is 0 Å². The van der Waals surface area contributed by atoms with E-state index >= 15 is 0 Å². The summed E-state index contributed by atoms with van der Waals surface area (Å²) in [6.45, 7) is 6.41. The Morgan fingerprint density at radius 1 is 1.24 bits per heavy atom. The van der Waals surface area contributed by atoms with Crippen LogP contribution < -0.4 is 0 Å². The number of aromatic nitrogens is 2. The molecule has 0 fully saturated rings. The van der Waals surface area contributed by atoms with Gasteiger partial charge in [0.05, 0.1) is 17.8 Å². The van der Waals surface area contributed by atoms with Crippen molar-refractivity contribution in [1.29, 1.82) is 5.26 Å². The summed E-state index contributed by atoms with van der Waals surface area (Å²) in [6, 6.07) is 9.82. The number of H-pyrrole nitrogens is 1. The van der Waals surface area contributed by atoms with E-state index in [2.05, 4.69) is 37.0 Å². The van der Waals surface area contributed by atoms with Gasteiger partial charge in [0.15, 0.2) is 5.78 Å². The molecule has 25 heavy (non-hydrogen) atoms. The van der Waals surface area contributed by atoms with Gasteiger partial charge >= 0.3 is 0 Å². The number of hydrogen-bond acceptors (Lipinski definition) is 3. The lowest BCUT2D eigenvalue weighted by Gasteiger charge is -2.43. The fourth-order valence-corrected chi connectivity index (χ4v) is 4.66. The Morgan fingerprint density at radius 2 is 2.04 bits per heavy atom. The van der Waals surface area contributed by atoms with Crippen LogP contribution in [0.1, 0.15) is 56.0 Å². The van der Waals surface area contributed by atoms with Crippen LogP contribution in [0.5, 0.6) is 0 Å². The molecule has 0 amide bonds. The van der Waals surface area contributed by atoms with Gasteiger partial charge in [-0.05, 0) is 36.5 Å². The molecule has 0 radical (unpaired) electrons. The molecule has 2 aliphatic carbocycles. The Balaban J connectivity index is 2.00. The molecule has 1 atom stereocenters. The maximum atomic E-state index is 13.2. The Bertz CT molecular complexity index is 958. The second-order valence-electron chi connectivity index (χ2n) is 8.18. The first kappa shape index (κ1) is 15.8. The van der Waals surface area contributed by atoms with Crippen molar-refractivity contribution < 1.29 is 4.79 Å². The van der Waals surface area contributed by atoms with E-state index in [4.69, 9.17) is 0 Å².